The largest absolute Gasteiger partial charge is 0.465 e. The van der Waals surface area contributed by atoms with E-state index in [4.69, 9.17) is 10.2 Å². The first-order chi connectivity index (χ1) is 6.22. The van der Waals surface area contributed by atoms with Gasteiger partial charge in [0.05, 0.1) is 6.04 Å². The van der Waals surface area contributed by atoms with Crippen molar-refractivity contribution in [3.63, 3.8) is 0 Å². The molecule has 0 spiro atoms. The summed E-state index contributed by atoms with van der Waals surface area (Å²) in [6, 6.07) is -0.104. The van der Waals surface area contributed by atoms with Gasteiger partial charge in [-0.15, -0.1) is 0 Å². The van der Waals surface area contributed by atoms with E-state index >= 15 is 0 Å². The Balaban J connectivity index is 2.19. The minimum atomic E-state index is -0.877. The number of aliphatic hydroxyl groups is 1. The number of rotatable bonds is 1. The van der Waals surface area contributed by atoms with E-state index in [-0.39, 0.29) is 18.6 Å². The van der Waals surface area contributed by atoms with Crippen molar-refractivity contribution in [2.45, 2.75) is 12.5 Å². The zero-order valence-corrected chi connectivity index (χ0v) is 7.26. The van der Waals surface area contributed by atoms with Gasteiger partial charge in [0.2, 0.25) is 0 Å². The van der Waals surface area contributed by atoms with Crippen LogP contribution < -0.4 is 0 Å². The van der Waals surface area contributed by atoms with Crippen molar-refractivity contribution in [3.05, 3.63) is 12.2 Å². The van der Waals surface area contributed by atoms with Crippen LogP contribution in [0.15, 0.2) is 12.2 Å². The van der Waals surface area contributed by atoms with E-state index in [0.717, 1.165) is 6.42 Å². The molecule has 2 bridgehead atoms. The van der Waals surface area contributed by atoms with Gasteiger partial charge in [-0.1, -0.05) is 12.2 Å². The summed E-state index contributed by atoms with van der Waals surface area (Å²) in [7, 11) is 0. The summed E-state index contributed by atoms with van der Waals surface area (Å²) in [5, 5.41) is 17.9. The molecule has 3 aliphatic rings. The summed E-state index contributed by atoms with van der Waals surface area (Å²) in [5.41, 5.74) is 0. The average Bonchev–Trinajstić information content (AvgIpc) is 2.18. The SMILES string of the molecule is O=C(O)N1CC2C=CC1C(CO)C2. The maximum atomic E-state index is 10.8. The zero-order valence-electron chi connectivity index (χ0n) is 7.26. The number of carboxylic acid groups (broad SMARTS) is 1. The van der Waals surface area contributed by atoms with Crippen molar-refractivity contribution in [3.8, 4) is 0 Å². The lowest BCUT2D eigenvalue weighted by atomic mass is 9.78. The van der Waals surface area contributed by atoms with E-state index in [1.54, 1.807) is 0 Å². The third-order valence-corrected chi connectivity index (χ3v) is 2.94. The first-order valence-corrected chi connectivity index (χ1v) is 4.51. The van der Waals surface area contributed by atoms with E-state index < -0.39 is 6.09 Å². The highest BCUT2D eigenvalue weighted by Gasteiger charge is 2.39. The minimum Gasteiger partial charge on any atom is -0.465 e. The molecule has 2 heterocycles. The Morgan fingerprint density at radius 2 is 2.31 bits per heavy atom. The predicted octanol–water partition coefficient (Wildman–Crippen LogP) is 0.533. The van der Waals surface area contributed by atoms with Crippen LogP contribution in [0.3, 0.4) is 0 Å². The standard InChI is InChI=1S/C9H13NO3/c11-5-7-3-6-1-2-8(7)10(4-6)9(12)13/h1-2,6-8,11H,3-5H2,(H,12,13). The second-order valence-electron chi connectivity index (χ2n) is 3.75. The molecule has 1 saturated heterocycles. The van der Waals surface area contributed by atoms with E-state index in [1.807, 2.05) is 6.08 Å². The topological polar surface area (TPSA) is 60.8 Å². The molecule has 0 aromatic rings. The Bertz CT molecular complexity index is 251. The number of hydrogen-bond donors (Lipinski definition) is 2. The zero-order chi connectivity index (χ0) is 9.42. The Morgan fingerprint density at radius 3 is 2.85 bits per heavy atom. The maximum absolute atomic E-state index is 10.8. The number of carbonyl (C=O) groups is 1. The predicted molar refractivity (Wildman–Crippen MR) is 46.3 cm³/mol. The summed E-state index contributed by atoms with van der Waals surface area (Å²) >= 11 is 0. The number of aliphatic hydroxyl groups excluding tert-OH is 1. The van der Waals surface area contributed by atoms with Gasteiger partial charge in [0.25, 0.3) is 0 Å². The van der Waals surface area contributed by atoms with Crippen molar-refractivity contribution in [1.82, 2.24) is 4.90 Å². The Labute approximate surface area is 76.5 Å². The average molecular weight is 183 g/mol. The van der Waals surface area contributed by atoms with Crippen LogP contribution in [0.1, 0.15) is 6.42 Å². The van der Waals surface area contributed by atoms with Gasteiger partial charge in [-0.2, -0.15) is 0 Å². The molecule has 3 rings (SSSR count). The summed E-state index contributed by atoms with van der Waals surface area (Å²) in [6.07, 6.45) is 4.02. The fourth-order valence-electron chi connectivity index (χ4n) is 2.29. The highest BCUT2D eigenvalue weighted by molar-refractivity contribution is 5.66. The van der Waals surface area contributed by atoms with Gasteiger partial charge < -0.3 is 15.1 Å². The first-order valence-electron chi connectivity index (χ1n) is 4.51. The van der Waals surface area contributed by atoms with Crippen molar-refractivity contribution in [2.24, 2.45) is 11.8 Å². The molecule has 2 N–H and O–H groups in total. The van der Waals surface area contributed by atoms with Crippen LogP contribution in [0.25, 0.3) is 0 Å². The molecular weight excluding hydrogens is 170 g/mol. The fourth-order valence-corrected chi connectivity index (χ4v) is 2.29. The first kappa shape index (κ1) is 8.56. The van der Waals surface area contributed by atoms with Crippen molar-refractivity contribution >= 4 is 6.09 Å². The van der Waals surface area contributed by atoms with Crippen molar-refractivity contribution in [1.29, 1.82) is 0 Å². The van der Waals surface area contributed by atoms with Crippen molar-refractivity contribution in [2.75, 3.05) is 13.2 Å². The van der Waals surface area contributed by atoms with Gasteiger partial charge in [-0.05, 0) is 12.3 Å². The Kier molecular flexibility index (Phi) is 2.00. The molecule has 1 amide bonds. The molecule has 0 radical (unpaired) electrons. The van der Waals surface area contributed by atoms with E-state index in [2.05, 4.69) is 6.08 Å². The third-order valence-electron chi connectivity index (χ3n) is 2.94. The molecule has 0 aromatic heterocycles. The Hall–Kier alpha value is -1.03. The second-order valence-corrected chi connectivity index (χ2v) is 3.75. The van der Waals surface area contributed by atoms with Gasteiger partial charge in [0.15, 0.2) is 0 Å². The molecule has 72 valence electrons. The molecule has 4 heteroatoms. The van der Waals surface area contributed by atoms with Crippen molar-refractivity contribution < 1.29 is 15.0 Å². The summed E-state index contributed by atoms with van der Waals surface area (Å²) in [6.45, 7) is 0.669. The molecule has 3 atom stereocenters. The van der Waals surface area contributed by atoms with E-state index in [9.17, 15) is 4.79 Å². The normalized spacial score (nSPS) is 36.7. The molecule has 1 aliphatic carbocycles. The van der Waals surface area contributed by atoms with E-state index in [0.29, 0.717) is 12.5 Å². The number of fused-ring (bicyclic) bond motifs is 2. The van der Waals surface area contributed by atoms with Crippen LogP contribution in [0.2, 0.25) is 0 Å². The van der Waals surface area contributed by atoms with Crippen LogP contribution in [0.5, 0.6) is 0 Å². The number of nitrogens with zero attached hydrogens (tertiary/aromatic N) is 1. The second kappa shape index (κ2) is 3.03. The lowest BCUT2D eigenvalue weighted by Gasteiger charge is -2.44. The molecule has 13 heavy (non-hydrogen) atoms. The van der Waals surface area contributed by atoms with Crippen LogP contribution in [-0.4, -0.2) is 40.4 Å². The number of amides is 1. The summed E-state index contributed by atoms with van der Waals surface area (Å²) < 4.78 is 0. The van der Waals surface area contributed by atoms with Crippen LogP contribution in [0.4, 0.5) is 4.79 Å². The highest BCUT2D eigenvalue weighted by atomic mass is 16.4. The van der Waals surface area contributed by atoms with Gasteiger partial charge >= 0.3 is 6.09 Å². The summed E-state index contributed by atoms with van der Waals surface area (Å²) in [5.74, 6) is 0.401. The van der Waals surface area contributed by atoms with Crippen LogP contribution in [0, 0.1) is 11.8 Å². The van der Waals surface area contributed by atoms with Gasteiger partial charge in [-0.25, -0.2) is 4.79 Å². The molecule has 1 fully saturated rings. The lowest BCUT2D eigenvalue weighted by Crippen LogP contribution is -2.53. The Morgan fingerprint density at radius 1 is 1.54 bits per heavy atom. The monoisotopic (exact) mass is 183 g/mol. The molecule has 0 saturated carbocycles. The van der Waals surface area contributed by atoms with Crippen LogP contribution in [-0.2, 0) is 0 Å². The molecule has 0 aromatic carbocycles. The maximum Gasteiger partial charge on any atom is 0.407 e. The quantitative estimate of drug-likeness (QED) is 0.583. The molecule has 4 nitrogen and oxygen atoms in total. The highest BCUT2D eigenvalue weighted by Crippen LogP contribution is 2.33. The minimum absolute atomic E-state index is 0.0787. The third kappa shape index (κ3) is 1.31. The molecule has 3 unspecified atom stereocenters. The van der Waals surface area contributed by atoms with Gasteiger partial charge in [-0.3, -0.25) is 0 Å². The molecule has 2 aliphatic heterocycles. The van der Waals surface area contributed by atoms with Gasteiger partial charge in [0, 0.05) is 19.1 Å². The summed E-state index contributed by atoms with van der Waals surface area (Å²) in [4.78, 5) is 12.2. The number of hydrogen-bond acceptors (Lipinski definition) is 2. The van der Waals surface area contributed by atoms with Crippen LogP contribution >= 0.6 is 0 Å². The van der Waals surface area contributed by atoms with Gasteiger partial charge in [0.1, 0.15) is 0 Å². The number of piperidine rings is 1. The molecular formula is C9H13NO3. The smallest absolute Gasteiger partial charge is 0.407 e. The van der Waals surface area contributed by atoms with E-state index in [1.165, 1.54) is 4.90 Å². The fraction of sp³-hybridized carbons (Fsp3) is 0.667. The lowest BCUT2D eigenvalue weighted by molar-refractivity contribution is 0.0493.